The molecule has 128 valence electrons. The van der Waals surface area contributed by atoms with Crippen LogP contribution in [0, 0.1) is 0 Å². The van der Waals surface area contributed by atoms with Gasteiger partial charge in [0.25, 0.3) is 0 Å². The molecule has 2 N–H and O–H groups in total. The van der Waals surface area contributed by atoms with E-state index >= 15 is 0 Å². The molecule has 6 heteroatoms. The SMILES string of the molecule is COc1c2ccccc2c(OC(=O)NCNC(C)=O)c2ccccc12. The van der Waals surface area contributed by atoms with Gasteiger partial charge in [-0.3, -0.25) is 4.79 Å². The van der Waals surface area contributed by atoms with Crippen molar-refractivity contribution in [2.45, 2.75) is 6.92 Å². The summed E-state index contributed by atoms with van der Waals surface area (Å²) in [5.74, 6) is 0.949. The second kappa shape index (κ2) is 7.09. The molecule has 0 saturated heterocycles. The highest BCUT2D eigenvalue weighted by atomic mass is 16.6. The third-order valence-corrected chi connectivity index (χ3v) is 3.80. The van der Waals surface area contributed by atoms with Gasteiger partial charge < -0.3 is 20.1 Å². The van der Waals surface area contributed by atoms with Gasteiger partial charge in [0.2, 0.25) is 5.91 Å². The lowest BCUT2D eigenvalue weighted by Crippen LogP contribution is -2.37. The van der Waals surface area contributed by atoms with Gasteiger partial charge in [0, 0.05) is 28.5 Å². The number of hydrogen-bond donors (Lipinski definition) is 2. The van der Waals surface area contributed by atoms with Crippen molar-refractivity contribution in [3.05, 3.63) is 48.5 Å². The van der Waals surface area contributed by atoms with Crippen LogP contribution in [-0.2, 0) is 4.79 Å². The van der Waals surface area contributed by atoms with E-state index in [1.807, 2.05) is 48.5 Å². The molecule has 3 aromatic carbocycles. The van der Waals surface area contributed by atoms with Gasteiger partial charge in [-0.15, -0.1) is 0 Å². The van der Waals surface area contributed by atoms with Crippen LogP contribution < -0.4 is 20.1 Å². The summed E-state index contributed by atoms with van der Waals surface area (Å²) in [7, 11) is 1.62. The Morgan fingerprint density at radius 2 is 1.32 bits per heavy atom. The van der Waals surface area contributed by atoms with E-state index in [0.29, 0.717) is 5.75 Å². The molecule has 0 aliphatic carbocycles. The molecule has 6 nitrogen and oxygen atoms in total. The molecule has 3 rings (SSSR count). The number of ether oxygens (including phenoxy) is 2. The summed E-state index contributed by atoms with van der Waals surface area (Å²) < 4.78 is 11.2. The van der Waals surface area contributed by atoms with E-state index in [1.54, 1.807) is 7.11 Å². The van der Waals surface area contributed by atoms with Crippen molar-refractivity contribution >= 4 is 33.5 Å². The number of carbonyl (C=O) groups is 2. The zero-order valence-electron chi connectivity index (χ0n) is 14.0. The fraction of sp³-hybridized carbons (Fsp3) is 0.158. The Balaban J connectivity index is 2.06. The quantitative estimate of drug-likeness (QED) is 0.566. The molecule has 0 unspecified atom stereocenters. The third kappa shape index (κ3) is 3.33. The number of carbonyl (C=O) groups excluding carboxylic acids is 2. The molecule has 3 aromatic rings. The molecule has 0 aliphatic rings. The van der Waals surface area contributed by atoms with Crippen LogP contribution in [0.15, 0.2) is 48.5 Å². The van der Waals surface area contributed by atoms with Crippen LogP contribution in [-0.4, -0.2) is 25.8 Å². The first-order valence-electron chi connectivity index (χ1n) is 7.79. The summed E-state index contributed by atoms with van der Waals surface area (Å²) in [6, 6.07) is 15.1. The molecule has 0 saturated carbocycles. The van der Waals surface area contributed by atoms with Crippen molar-refractivity contribution < 1.29 is 19.1 Å². The summed E-state index contributed by atoms with van der Waals surface area (Å²) in [6.45, 7) is 1.37. The van der Waals surface area contributed by atoms with Crippen LogP contribution in [0.3, 0.4) is 0 Å². The first-order chi connectivity index (χ1) is 12.1. The summed E-state index contributed by atoms with van der Waals surface area (Å²) in [5.41, 5.74) is 0. The predicted molar refractivity (Wildman–Crippen MR) is 95.8 cm³/mol. The average Bonchev–Trinajstić information content (AvgIpc) is 2.61. The first-order valence-corrected chi connectivity index (χ1v) is 7.79. The van der Waals surface area contributed by atoms with E-state index in [-0.39, 0.29) is 12.6 Å². The Labute approximate surface area is 144 Å². The van der Waals surface area contributed by atoms with Crippen LogP contribution in [0.4, 0.5) is 4.79 Å². The third-order valence-electron chi connectivity index (χ3n) is 3.80. The average molecular weight is 338 g/mol. The smallest absolute Gasteiger partial charge is 0.414 e. The Morgan fingerprint density at radius 3 is 1.76 bits per heavy atom. The molecule has 0 atom stereocenters. The predicted octanol–water partition coefficient (Wildman–Crippen LogP) is 3.18. The highest BCUT2D eigenvalue weighted by Gasteiger charge is 2.17. The van der Waals surface area contributed by atoms with Crippen LogP contribution >= 0.6 is 0 Å². The Bertz CT molecular complexity index is 896. The van der Waals surface area contributed by atoms with Crippen LogP contribution in [0.25, 0.3) is 21.5 Å². The van der Waals surface area contributed by atoms with Crippen molar-refractivity contribution in [3.63, 3.8) is 0 Å². The summed E-state index contributed by atoms with van der Waals surface area (Å²) in [5, 5.41) is 8.23. The van der Waals surface area contributed by atoms with E-state index in [4.69, 9.17) is 9.47 Å². The standard InChI is InChI=1S/C19H18N2O4/c1-12(22)20-11-21-19(23)25-18-15-9-5-3-7-13(15)17(24-2)14-8-4-6-10-16(14)18/h3-10H,11H2,1-2H3,(H,20,22)(H,21,23). The minimum Gasteiger partial charge on any atom is -0.495 e. The van der Waals surface area contributed by atoms with Gasteiger partial charge in [0.1, 0.15) is 11.5 Å². The van der Waals surface area contributed by atoms with Gasteiger partial charge in [0.05, 0.1) is 13.8 Å². The largest absolute Gasteiger partial charge is 0.495 e. The second-order valence-corrected chi connectivity index (χ2v) is 5.43. The Kier molecular flexibility index (Phi) is 4.70. The maximum absolute atomic E-state index is 12.1. The number of amides is 2. The molecule has 25 heavy (non-hydrogen) atoms. The van der Waals surface area contributed by atoms with Gasteiger partial charge in [-0.2, -0.15) is 0 Å². The van der Waals surface area contributed by atoms with Crippen molar-refractivity contribution in [3.8, 4) is 11.5 Å². The van der Waals surface area contributed by atoms with Crippen molar-refractivity contribution in [2.24, 2.45) is 0 Å². The lowest BCUT2D eigenvalue weighted by Gasteiger charge is -2.15. The fourth-order valence-electron chi connectivity index (χ4n) is 2.75. The van der Waals surface area contributed by atoms with Crippen LogP contribution in [0.5, 0.6) is 11.5 Å². The lowest BCUT2D eigenvalue weighted by molar-refractivity contribution is -0.119. The van der Waals surface area contributed by atoms with Crippen molar-refractivity contribution in [2.75, 3.05) is 13.8 Å². The molecule has 0 heterocycles. The van der Waals surface area contributed by atoms with Gasteiger partial charge in [0.15, 0.2) is 0 Å². The molecular formula is C19H18N2O4. The molecular weight excluding hydrogens is 320 g/mol. The van der Waals surface area contributed by atoms with Crippen LogP contribution in [0.1, 0.15) is 6.92 Å². The molecule has 0 bridgehead atoms. The van der Waals surface area contributed by atoms with E-state index in [2.05, 4.69) is 10.6 Å². The number of methoxy groups -OCH3 is 1. The zero-order chi connectivity index (χ0) is 17.8. The number of nitrogens with one attached hydrogen (secondary N) is 2. The maximum Gasteiger partial charge on any atom is 0.414 e. The minimum absolute atomic E-state index is 0.000185. The first kappa shape index (κ1) is 16.6. The molecule has 0 spiro atoms. The number of benzene rings is 3. The van der Waals surface area contributed by atoms with Crippen LogP contribution in [0.2, 0.25) is 0 Å². The maximum atomic E-state index is 12.1. The Hall–Kier alpha value is -3.28. The number of rotatable bonds is 4. The normalized spacial score (nSPS) is 10.5. The van der Waals surface area contributed by atoms with E-state index in [1.165, 1.54) is 6.92 Å². The molecule has 0 radical (unpaired) electrons. The number of hydrogen-bond acceptors (Lipinski definition) is 4. The summed E-state index contributed by atoms with van der Waals surface area (Å²) in [4.78, 5) is 23.0. The second-order valence-electron chi connectivity index (χ2n) is 5.43. The molecule has 0 aromatic heterocycles. The van der Waals surface area contributed by atoms with E-state index in [9.17, 15) is 9.59 Å². The minimum atomic E-state index is -0.644. The topological polar surface area (TPSA) is 76.7 Å². The van der Waals surface area contributed by atoms with Gasteiger partial charge in [-0.25, -0.2) is 4.79 Å². The van der Waals surface area contributed by atoms with Crippen molar-refractivity contribution in [1.82, 2.24) is 10.6 Å². The van der Waals surface area contributed by atoms with Gasteiger partial charge in [-0.05, 0) is 0 Å². The lowest BCUT2D eigenvalue weighted by atomic mass is 10.0. The van der Waals surface area contributed by atoms with Crippen molar-refractivity contribution in [1.29, 1.82) is 0 Å². The molecule has 2 amide bonds. The van der Waals surface area contributed by atoms with Gasteiger partial charge >= 0.3 is 6.09 Å². The van der Waals surface area contributed by atoms with E-state index in [0.717, 1.165) is 27.3 Å². The zero-order valence-corrected chi connectivity index (χ0v) is 14.0. The Morgan fingerprint density at radius 1 is 0.840 bits per heavy atom. The molecule has 0 aliphatic heterocycles. The summed E-state index contributed by atoms with van der Waals surface area (Å²) >= 11 is 0. The number of fused-ring (bicyclic) bond motifs is 2. The monoisotopic (exact) mass is 338 g/mol. The highest BCUT2D eigenvalue weighted by molar-refractivity contribution is 6.11. The summed E-state index contributed by atoms with van der Waals surface area (Å²) in [6.07, 6.45) is -0.644. The fourth-order valence-corrected chi connectivity index (χ4v) is 2.75. The highest BCUT2D eigenvalue weighted by Crippen LogP contribution is 2.42. The van der Waals surface area contributed by atoms with Gasteiger partial charge in [-0.1, -0.05) is 48.5 Å². The molecule has 0 fully saturated rings. The van der Waals surface area contributed by atoms with E-state index < -0.39 is 6.09 Å².